The molecule has 3 N–H and O–H groups in total. The molecule has 0 bridgehead atoms. The summed E-state index contributed by atoms with van der Waals surface area (Å²) in [5.41, 5.74) is 0. The zero-order valence-electron chi connectivity index (χ0n) is 33.6. The molecular weight excluding hydrogens is 778 g/mol. The van der Waals surface area contributed by atoms with Crippen LogP contribution in [0.4, 0.5) is 26.3 Å². The summed E-state index contributed by atoms with van der Waals surface area (Å²) in [6, 6.07) is -2.64. The zero-order chi connectivity index (χ0) is 42.6. The first-order chi connectivity index (χ1) is 26.6. The summed E-state index contributed by atoms with van der Waals surface area (Å²) in [7, 11) is 0. The van der Waals surface area contributed by atoms with Gasteiger partial charge in [0.2, 0.25) is 6.29 Å². The molecular formula is C37H60F6N2O12. The number of halogens is 6. The van der Waals surface area contributed by atoms with Gasteiger partial charge < -0.3 is 58.4 Å². The van der Waals surface area contributed by atoms with Gasteiger partial charge in [0.1, 0.15) is 48.7 Å². The van der Waals surface area contributed by atoms with Crippen molar-refractivity contribution in [2.45, 2.75) is 185 Å². The van der Waals surface area contributed by atoms with Crippen LogP contribution in [0.25, 0.3) is 0 Å². The molecule has 0 radical (unpaired) electrons. The van der Waals surface area contributed by atoms with Gasteiger partial charge in [0.15, 0.2) is 17.9 Å². The Bertz CT molecular complexity index is 1270. The van der Waals surface area contributed by atoms with Gasteiger partial charge >= 0.3 is 24.2 Å². The van der Waals surface area contributed by atoms with Gasteiger partial charge in [-0.1, -0.05) is 57.9 Å². The molecule has 0 saturated carbocycles. The molecule has 4 heterocycles. The molecule has 0 aromatic rings. The summed E-state index contributed by atoms with van der Waals surface area (Å²) in [6.07, 6.45) is -6.23. The molecule has 0 aromatic carbocycles. The van der Waals surface area contributed by atoms with Crippen LogP contribution in [-0.2, 0) is 52.2 Å². The van der Waals surface area contributed by atoms with Crippen LogP contribution in [-0.4, -0.2) is 129 Å². The third-order valence-electron chi connectivity index (χ3n) is 9.45. The van der Waals surface area contributed by atoms with Crippen molar-refractivity contribution in [2.24, 2.45) is 0 Å². The predicted molar refractivity (Wildman–Crippen MR) is 189 cm³/mol. The molecule has 57 heavy (non-hydrogen) atoms. The number of hydrogen-bond donors (Lipinski definition) is 3. The smallest absolute Gasteiger partial charge is 0.471 e. The number of fused-ring (bicyclic) bond motifs is 2. The van der Waals surface area contributed by atoms with Crippen LogP contribution in [0, 0.1) is 0 Å². The normalized spacial score (nSPS) is 32.3. The second kappa shape index (κ2) is 21.8. The number of carbonyl (C=O) groups excluding carboxylic acids is 2. The van der Waals surface area contributed by atoms with Crippen LogP contribution in [0.5, 0.6) is 0 Å². The monoisotopic (exact) mass is 838 g/mol. The minimum Gasteiger partial charge on any atom is -0.471 e. The van der Waals surface area contributed by atoms with Crippen LogP contribution in [0.1, 0.15) is 99.8 Å². The van der Waals surface area contributed by atoms with Gasteiger partial charge in [-0.25, -0.2) is 0 Å². The number of carbonyl (C=O) groups is 2. The summed E-state index contributed by atoms with van der Waals surface area (Å²) in [4.78, 5) is 23.0. The summed E-state index contributed by atoms with van der Waals surface area (Å²) in [5.74, 6) is -6.26. The van der Waals surface area contributed by atoms with Crippen molar-refractivity contribution in [3.63, 3.8) is 0 Å². The lowest BCUT2D eigenvalue weighted by atomic mass is 9.95. The Labute approximate surface area is 329 Å². The Balaban J connectivity index is 0.000000329. The highest BCUT2D eigenvalue weighted by atomic mass is 19.4. The van der Waals surface area contributed by atoms with Crippen LogP contribution >= 0.6 is 0 Å². The SMILES string of the molecule is C/C=C\O[C@H]1O[C@@H]2COC(C)(C)O[C@H]2[C@H](OCCCCCCCCCC)[C@H]1NC(=O)C(F)(F)F.CCO[C@H]1O[C@@H]2COC(C)(C)O[C@H]2[C@H](O)[C@H]1NC(=O)C(F)(F)F. The number of alkyl halides is 6. The minimum absolute atomic E-state index is 0.0816. The number of hydrogen-bond acceptors (Lipinski definition) is 12. The molecule has 4 rings (SSSR count). The summed E-state index contributed by atoms with van der Waals surface area (Å²) in [6.45, 7) is 12.8. The largest absolute Gasteiger partial charge is 0.471 e. The molecule has 4 aliphatic heterocycles. The van der Waals surface area contributed by atoms with Gasteiger partial charge in [0, 0.05) is 13.2 Å². The average Bonchev–Trinajstić information content (AvgIpc) is 3.11. The molecule has 4 saturated heterocycles. The average molecular weight is 839 g/mol. The van der Waals surface area contributed by atoms with E-state index in [4.69, 9.17) is 42.6 Å². The van der Waals surface area contributed by atoms with Crippen molar-refractivity contribution < 1.29 is 83.7 Å². The highest BCUT2D eigenvalue weighted by Gasteiger charge is 2.56. The predicted octanol–water partition coefficient (Wildman–Crippen LogP) is 5.29. The highest BCUT2D eigenvalue weighted by Crippen LogP contribution is 2.36. The first-order valence-corrected chi connectivity index (χ1v) is 19.5. The molecule has 10 atom stereocenters. The second-order valence-electron chi connectivity index (χ2n) is 15.0. The fourth-order valence-electron chi connectivity index (χ4n) is 6.67. The van der Waals surface area contributed by atoms with Crippen molar-refractivity contribution in [3.05, 3.63) is 12.3 Å². The Morgan fingerprint density at radius 1 is 0.737 bits per heavy atom. The van der Waals surface area contributed by atoms with E-state index >= 15 is 0 Å². The van der Waals surface area contributed by atoms with E-state index in [-0.39, 0.29) is 19.8 Å². The Kier molecular flexibility index (Phi) is 18.8. The molecule has 4 aliphatic rings. The topological polar surface area (TPSA) is 162 Å². The number of aliphatic hydroxyl groups excluding tert-OH is 1. The van der Waals surface area contributed by atoms with Gasteiger partial charge in [0.05, 0.1) is 19.5 Å². The molecule has 0 unspecified atom stereocenters. The number of unbranched alkanes of at least 4 members (excludes halogenated alkanes) is 7. The van der Waals surface area contributed by atoms with Gasteiger partial charge in [-0.05, 0) is 48.0 Å². The van der Waals surface area contributed by atoms with Crippen LogP contribution in [0.3, 0.4) is 0 Å². The maximum atomic E-state index is 13.1. The molecule has 0 aromatic heterocycles. The first-order valence-electron chi connectivity index (χ1n) is 19.5. The van der Waals surface area contributed by atoms with Crippen molar-refractivity contribution in [1.82, 2.24) is 10.6 Å². The molecule has 14 nitrogen and oxygen atoms in total. The van der Waals surface area contributed by atoms with Gasteiger partial charge in [0.25, 0.3) is 0 Å². The lowest BCUT2D eigenvalue weighted by Crippen LogP contribution is -2.69. The lowest BCUT2D eigenvalue weighted by molar-refractivity contribution is -0.368. The van der Waals surface area contributed by atoms with E-state index in [0.717, 1.165) is 25.7 Å². The second-order valence-corrected chi connectivity index (χ2v) is 15.0. The maximum Gasteiger partial charge on any atom is 0.471 e. The molecule has 0 aliphatic carbocycles. The molecule has 0 spiro atoms. The standard InChI is InChI=1S/C24H40F3NO6.C13H20F3NO6/c1-5-7-8-9-10-11-12-13-15-30-20-18(28-22(29)24(25,26)27)21(31-14-6-2)33-17-16-32-23(3,4)34-19(17)20;1-4-20-10-7(17-11(19)13(14,15)16)8(18)9-6(22-10)5-21-12(2,3)23-9/h6,14,17-21H,5,7-13,15-16H2,1-4H3,(H,28,29);6-10,18H,4-5H2,1-3H3,(H,17,19)/b14-6-;/t17-,18-,19-,20-,21+;6-,7-,8-,9-,10+/m11/s1. The molecule has 332 valence electrons. The quantitative estimate of drug-likeness (QED) is 0.105. The molecule has 2 amide bonds. The first kappa shape index (κ1) is 49.1. The van der Waals surface area contributed by atoms with Gasteiger partial charge in [-0.15, -0.1) is 0 Å². The Hall–Kier alpha value is -2.30. The van der Waals surface area contributed by atoms with E-state index in [2.05, 4.69) is 6.92 Å². The molecule has 20 heteroatoms. The zero-order valence-corrected chi connectivity index (χ0v) is 33.6. The number of aliphatic hydroxyl groups is 1. The number of ether oxygens (including phenoxy) is 9. The van der Waals surface area contributed by atoms with Gasteiger partial charge in [-0.2, -0.15) is 26.3 Å². The van der Waals surface area contributed by atoms with E-state index in [1.54, 1.807) is 52.9 Å². The van der Waals surface area contributed by atoms with E-state index < -0.39 is 97.0 Å². The third-order valence-corrected chi connectivity index (χ3v) is 9.45. The van der Waals surface area contributed by atoms with E-state index in [0.29, 0.717) is 6.61 Å². The Morgan fingerprint density at radius 2 is 1.23 bits per heavy atom. The minimum atomic E-state index is -5.08. The number of rotatable bonds is 16. The number of allylic oxidation sites excluding steroid dienone is 1. The lowest BCUT2D eigenvalue weighted by Gasteiger charge is -2.50. The van der Waals surface area contributed by atoms with Crippen LogP contribution < -0.4 is 10.6 Å². The summed E-state index contributed by atoms with van der Waals surface area (Å²) >= 11 is 0. The fraction of sp³-hybridized carbons (Fsp3) is 0.892. The van der Waals surface area contributed by atoms with Crippen molar-refractivity contribution >= 4 is 11.8 Å². The van der Waals surface area contributed by atoms with Crippen LogP contribution in [0.15, 0.2) is 12.3 Å². The summed E-state index contributed by atoms with van der Waals surface area (Å²) in [5, 5.41) is 14.1. The highest BCUT2D eigenvalue weighted by molar-refractivity contribution is 5.82. The van der Waals surface area contributed by atoms with Crippen molar-refractivity contribution in [1.29, 1.82) is 0 Å². The van der Waals surface area contributed by atoms with E-state index in [9.17, 15) is 41.0 Å². The third kappa shape index (κ3) is 15.0. The number of nitrogens with one attached hydrogen (secondary N) is 2. The van der Waals surface area contributed by atoms with Crippen molar-refractivity contribution in [2.75, 3.05) is 26.4 Å². The van der Waals surface area contributed by atoms with E-state index in [1.165, 1.54) is 31.9 Å². The molecule has 4 fully saturated rings. The fourth-order valence-corrected chi connectivity index (χ4v) is 6.67. The number of amides is 2. The van der Waals surface area contributed by atoms with Crippen LogP contribution in [0.2, 0.25) is 0 Å². The van der Waals surface area contributed by atoms with Gasteiger partial charge in [-0.3, -0.25) is 9.59 Å². The Morgan fingerprint density at radius 3 is 1.75 bits per heavy atom. The summed E-state index contributed by atoms with van der Waals surface area (Å²) < 4.78 is 127. The van der Waals surface area contributed by atoms with E-state index in [1.807, 2.05) is 5.32 Å². The maximum absolute atomic E-state index is 13.1. The van der Waals surface area contributed by atoms with Crippen molar-refractivity contribution in [3.8, 4) is 0 Å².